The van der Waals surface area contributed by atoms with Crippen molar-refractivity contribution in [2.45, 2.75) is 6.54 Å². The number of likely N-dealkylation sites (N-methyl/N-ethyl adjacent to an activating group) is 1. The first-order chi connectivity index (χ1) is 7.54. The summed E-state index contributed by atoms with van der Waals surface area (Å²) in [4.78, 5) is 12.3. The number of rotatable bonds is 5. The maximum Gasteiger partial charge on any atom is 0.317 e. The molecule has 0 aliphatic rings. The number of carbonyl (C=O) groups is 1. The normalized spacial score (nSPS) is 10.5. The van der Waals surface area contributed by atoms with Crippen LogP contribution in [0.4, 0.5) is 0 Å². The highest BCUT2D eigenvalue weighted by molar-refractivity contribution is 9.10. The average Bonchev–Trinajstić information content (AvgIpc) is 2.16. The van der Waals surface area contributed by atoms with Gasteiger partial charge in [-0.25, -0.2) is 0 Å². The number of methoxy groups -OCH3 is 1. The Labute approximate surface area is 103 Å². The fourth-order valence-electron chi connectivity index (χ4n) is 1.48. The highest BCUT2D eigenvalue weighted by Crippen LogP contribution is 2.29. The highest BCUT2D eigenvalue weighted by atomic mass is 79.9. The molecular formula is C11H14BrNO3. The summed E-state index contributed by atoms with van der Waals surface area (Å²) in [7, 11) is 3.36. The summed E-state index contributed by atoms with van der Waals surface area (Å²) in [6.07, 6.45) is 0. The summed E-state index contributed by atoms with van der Waals surface area (Å²) in [5.74, 6) is -0.0868. The lowest BCUT2D eigenvalue weighted by Gasteiger charge is -2.16. The van der Waals surface area contributed by atoms with Crippen LogP contribution in [0.25, 0.3) is 0 Å². The smallest absolute Gasteiger partial charge is 0.317 e. The molecule has 0 aliphatic carbocycles. The predicted molar refractivity (Wildman–Crippen MR) is 64.7 cm³/mol. The van der Waals surface area contributed by atoms with E-state index in [0.29, 0.717) is 6.54 Å². The quantitative estimate of drug-likeness (QED) is 0.900. The Morgan fingerprint density at radius 2 is 2.25 bits per heavy atom. The van der Waals surface area contributed by atoms with Gasteiger partial charge in [0.05, 0.1) is 18.1 Å². The summed E-state index contributed by atoms with van der Waals surface area (Å²) in [5, 5.41) is 8.66. The Kier molecular flexibility index (Phi) is 4.76. The molecule has 0 saturated carbocycles. The lowest BCUT2D eigenvalue weighted by Crippen LogP contribution is -2.25. The second-order valence-electron chi connectivity index (χ2n) is 3.50. The van der Waals surface area contributed by atoms with Gasteiger partial charge in [0.15, 0.2) is 0 Å². The van der Waals surface area contributed by atoms with E-state index in [-0.39, 0.29) is 6.54 Å². The van der Waals surface area contributed by atoms with Crippen LogP contribution in [0, 0.1) is 0 Å². The van der Waals surface area contributed by atoms with E-state index in [4.69, 9.17) is 9.84 Å². The maximum atomic E-state index is 10.5. The molecule has 0 bridgehead atoms. The zero-order valence-electron chi connectivity index (χ0n) is 9.24. The molecule has 0 saturated heterocycles. The van der Waals surface area contributed by atoms with Gasteiger partial charge in [-0.05, 0) is 29.0 Å². The summed E-state index contributed by atoms with van der Waals surface area (Å²) >= 11 is 3.39. The number of para-hydroxylation sites is 1. The third-order valence-electron chi connectivity index (χ3n) is 2.10. The van der Waals surface area contributed by atoms with Crippen molar-refractivity contribution in [3.05, 3.63) is 28.2 Å². The molecule has 16 heavy (non-hydrogen) atoms. The molecule has 0 heterocycles. The van der Waals surface area contributed by atoms with Gasteiger partial charge in [0.25, 0.3) is 0 Å². The van der Waals surface area contributed by atoms with Gasteiger partial charge < -0.3 is 9.84 Å². The molecular weight excluding hydrogens is 274 g/mol. The van der Waals surface area contributed by atoms with Crippen molar-refractivity contribution >= 4 is 21.9 Å². The molecule has 1 aromatic carbocycles. The maximum absolute atomic E-state index is 10.5. The van der Waals surface area contributed by atoms with Gasteiger partial charge in [-0.1, -0.05) is 12.1 Å². The van der Waals surface area contributed by atoms with E-state index in [9.17, 15) is 4.79 Å². The minimum Gasteiger partial charge on any atom is -0.495 e. The van der Waals surface area contributed by atoms with Crippen molar-refractivity contribution < 1.29 is 14.6 Å². The minimum atomic E-state index is -0.837. The van der Waals surface area contributed by atoms with Crippen LogP contribution < -0.4 is 4.74 Å². The number of ether oxygens (including phenoxy) is 1. The molecule has 0 aliphatic heterocycles. The predicted octanol–water partition coefficient (Wildman–Crippen LogP) is 1.97. The third-order valence-corrected chi connectivity index (χ3v) is 2.72. The second-order valence-corrected chi connectivity index (χ2v) is 4.35. The number of hydrogen-bond acceptors (Lipinski definition) is 3. The van der Waals surface area contributed by atoms with Crippen molar-refractivity contribution in [2.24, 2.45) is 0 Å². The van der Waals surface area contributed by atoms with Crippen molar-refractivity contribution in [3.8, 4) is 5.75 Å². The SMILES string of the molecule is COc1c(Br)cccc1CN(C)CC(=O)O. The number of benzene rings is 1. The molecule has 0 atom stereocenters. The molecule has 5 heteroatoms. The zero-order valence-corrected chi connectivity index (χ0v) is 10.8. The summed E-state index contributed by atoms with van der Waals surface area (Å²) in [6, 6.07) is 5.71. The fourth-order valence-corrected chi connectivity index (χ4v) is 2.05. The van der Waals surface area contributed by atoms with Crippen LogP contribution >= 0.6 is 15.9 Å². The molecule has 1 rings (SSSR count). The Morgan fingerprint density at radius 1 is 1.56 bits per heavy atom. The molecule has 0 aromatic heterocycles. The first-order valence-corrected chi connectivity index (χ1v) is 5.55. The summed E-state index contributed by atoms with van der Waals surface area (Å²) in [6.45, 7) is 0.546. The topological polar surface area (TPSA) is 49.8 Å². The molecule has 0 spiro atoms. The van der Waals surface area contributed by atoms with Crippen LogP contribution in [0.2, 0.25) is 0 Å². The largest absolute Gasteiger partial charge is 0.495 e. The van der Waals surface area contributed by atoms with Gasteiger partial charge in [-0.2, -0.15) is 0 Å². The first kappa shape index (κ1) is 13.0. The average molecular weight is 288 g/mol. The van der Waals surface area contributed by atoms with Crippen LogP contribution in [-0.2, 0) is 11.3 Å². The third kappa shape index (κ3) is 3.50. The minimum absolute atomic E-state index is 0.00959. The number of hydrogen-bond donors (Lipinski definition) is 1. The van der Waals surface area contributed by atoms with Crippen molar-refractivity contribution in [1.82, 2.24) is 4.90 Å². The van der Waals surface area contributed by atoms with Gasteiger partial charge >= 0.3 is 5.97 Å². The van der Waals surface area contributed by atoms with E-state index in [1.807, 2.05) is 18.2 Å². The monoisotopic (exact) mass is 287 g/mol. The molecule has 1 N–H and O–H groups in total. The lowest BCUT2D eigenvalue weighted by atomic mass is 10.2. The molecule has 0 fully saturated rings. The molecule has 0 radical (unpaired) electrons. The standard InChI is InChI=1S/C11H14BrNO3/c1-13(7-10(14)15)6-8-4-3-5-9(12)11(8)16-2/h3-5H,6-7H2,1-2H3,(H,14,15). The van der Waals surface area contributed by atoms with Crippen molar-refractivity contribution in [1.29, 1.82) is 0 Å². The molecule has 4 nitrogen and oxygen atoms in total. The van der Waals surface area contributed by atoms with E-state index in [1.54, 1.807) is 19.1 Å². The van der Waals surface area contributed by atoms with Crippen LogP contribution in [-0.4, -0.2) is 36.7 Å². The van der Waals surface area contributed by atoms with Gasteiger partial charge in [0.2, 0.25) is 0 Å². The Morgan fingerprint density at radius 3 is 2.81 bits per heavy atom. The number of halogens is 1. The van der Waals surface area contributed by atoms with E-state index < -0.39 is 5.97 Å². The van der Waals surface area contributed by atoms with E-state index in [2.05, 4.69) is 15.9 Å². The number of nitrogens with zero attached hydrogens (tertiary/aromatic N) is 1. The van der Waals surface area contributed by atoms with E-state index in [1.165, 1.54) is 0 Å². The number of carboxylic acid groups (broad SMARTS) is 1. The summed E-state index contributed by atoms with van der Waals surface area (Å²) < 4.78 is 6.13. The van der Waals surface area contributed by atoms with Crippen molar-refractivity contribution in [2.75, 3.05) is 20.7 Å². The summed E-state index contributed by atoms with van der Waals surface area (Å²) in [5.41, 5.74) is 0.959. The molecule has 0 unspecified atom stereocenters. The molecule has 0 amide bonds. The van der Waals surface area contributed by atoms with Crippen molar-refractivity contribution in [3.63, 3.8) is 0 Å². The van der Waals surface area contributed by atoms with E-state index in [0.717, 1.165) is 15.8 Å². The lowest BCUT2D eigenvalue weighted by molar-refractivity contribution is -0.138. The Balaban J connectivity index is 2.80. The Hall–Kier alpha value is -1.07. The molecule has 88 valence electrons. The van der Waals surface area contributed by atoms with Gasteiger partial charge in [0, 0.05) is 12.1 Å². The first-order valence-electron chi connectivity index (χ1n) is 4.76. The Bertz CT molecular complexity index is 381. The number of aliphatic carboxylic acids is 1. The second kappa shape index (κ2) is 5.86. The van der Waals surface area contributed by atoms with Gasteiger partial charge in [-0.3, -0.25) is 9.69 Å². The van der Waals surface area contributed by atoms with Crippen LogP contribution in [0.1, 0.15) is 5.56 Å². The zero-order chi connectivity index (χ0) is 12.1. The van der Waals surface area contributed by atoms with Crippen LogP contribution in [0.15, 0.2) is 22.7 Å². The van der Waals surface area contributed by atoms with Gasteiger partial charge in [-0.15, -0.1) is 0 Å². The fraction of sp³-hybridized carbons (Fsp3) is 0.364. The molecule has 1 aromatic rings. The van der Waals surface area contributed by atoms with E-state index >= 15 is 0 Å². The number of carboxylic acids is 1. The van der Waals surface area contributed by atoms with Crippen LogP contribution in [0.5, 0.6) is 5.75 Å². The van der Waals surface area contributed by atoms with Gasteiger partial charge in [0.1, 0.15) is 5.75 Å². The van der Waals surface area contributed by atoms with Crippen LogP contribution in [0.3, 0.4) is 0 Å². The highest BCUT2D eigenvalue weighted by Gasteiger charge is 2.10.